The van der Waals surface area contributed by atoms with Crippen LogP contribution >= 0.6 is 12.2 Å². The van der Waals surface area contributed by atoms with Gasteiger partial charge in [-0.2, -0.15) is 14.9 Å². The summed E-state index contributed by atoms with van der Waals surface area (Å²) in [6.07, 6.45) is 1.66. The first kappa shape index (κ1) is 18.5. The highest BCUT2D eigenvalue weighted by Crippen LogP contribution is 2.23. The molecular weight excluding hydrogens is 364 g/mol. The smallest absolute Gasteiger partial charge is 0.335 e. The van der Waals surface area contributed by atoms with Crippen LogP contribution in [0.5, 0.6) is 5.75 Å². The fourth-order valence-corrected chi connectivity index (χ4v) is 2.58. The molecule has 1 aromatic heterocycles. The highest BCUT2D eigenvalue weighted by molar-refractivity contribution is 7.71. The molecule has 8 heteroatoms. The number of rotatable bonds is 6. The molecule has 0 amide bonds. The minimum absolute atomic E-state index is 0.0628. The summed E-state index contributed by atoms with van der Waals surface area (Å²) in [4.78, 5) is 10.9. The van der Waals surface area contributed by atoms with Crippen LogP contribution in [0.15, 0.2) is 53.6 Å². The minimum atomic E-state index is -0.971. The van der Waals surface area contributed by atoms with Crippen molar-refractivity contribution in [1.82, 2.24) is 14.9 Å². The lowest BCUT2D eigenvalue weighted by molar-refractivity contribution is 0.0697. The van der Waals surface area contributed by atoms with Crippen molar-refractivity contribution in [3.63, 3.8) is 0 Å². The average molecular weight is 382 g/mol. The Hall–Kier alpha value is -3.26. The molecule has 0 spiro atoms. The predicted octanol–water partition coefficient (Wildman–Crippen LogP) is 3.98. The molecule has 7 nitrogen and oxygen atoms in total. The predicted molar refractivity (Wildman–Crippen MR) is 105 cm³/mol. The number of aromatic carboxylic acids is 1. The highest BCUT2D eigenvalue weighted by Gasteiger charge is 2.10. The molecule has 1 heterocycles. The maximum absolute atomic E-state index is 10.9. The molecule has 138 valence electrons. The molecule has 0 radical (unpaired) electrons. The zero-order valence-electron chi connectivity index (χ0n) is 14.8. The van der Waals surface area contributed by atoms with Crippen LogP contribution < -0.4 is 4.74 Å². The Bertz CT molecular complexity index is 1040. The number of nitrogens with zero attached hydrogens (tertiary/aromatic N) is 3. The first-order chi connectivity index (χ1) is 12.9. The molecule has 2 N–H and O–H groups in total. The summed E-state index contributed by atoms with van der Waals surface area (Å²) in [5, 5.41) is 20.3. The maximum atomic E-state index is 10.9. The molecule has 0 aliphatic rings. The number of carboxylic acid groups (broad SMARTS) is 1. The lowest BCUT2D eigenvalue weighted by Crippen LogP contribution is -2.05. The van der Waals surface area contributed by atoms with Crippen molar-refractivity contribution in [2.45, 2.75) is 20.0 Å². The summed E-state index contributed by atoms with van der Waals surface area (Å²) in [6.45, 7) is 3.92. The van der Waals surface area contributed by atoms with Crippen molar-refractivity contribution in [3.05, 3.63) is 64.4 Å². The van der Waals surface area contributed by atoms with Gasteiger partial charge in [0.2, 0.25) is 4.77 Å². The fraction of sp³-hybridized carbons (Fsp3) is 0.158. The van der Waals surface area contributed by atoms with Crippen LogP contribution in [0.3, 0.4) is 0 Å². The van der Waals surface area contributed by atoms with Crippen LogP contribution in [0.1, 0.15) is 29.8 Å². The van der Waals surface area contributed by atoms with Crippen LogP contribution in [0.4, 0.5) is 0 Å². The number of hydrogen-bond acceptors (Lipinski definition) is 5. The molecule has 3 aromatic rings. The number of carboxylic acids is 1. The molecule has 0 fully saturated rings. The topological polar surface area (TPSA) is 92.5 Å². The van der Waals surface area contributed by atoms with E-state index in [1.54, 1.807) is 18.3 Å². The van der Waals surface area contributed by atoms with Crippen molar-refractivity contribution in [3.8, 4) is 17.1 Å². The number of ether oxygens (including phenoxy) is 1. The fourth-order valence-electron chi connectivity index (χ4n) is 2.40. The molecule has 0 aliphatic heterocycles. The molecule has 0 bridgehead atoms. The zero-order valence-corrected chi connectivity index (χ0v) is 15.6. The van der Waals surface area contributed by atoms with Gasteiger partial charge in [-0.3, -0.25) is 0 Å². The van der Waals surface area contributed by atoms with Gasteiger partial charge in [-0.25, -0.2) is 9.89 Å². The lowest BCUT2D eigenvalue weighted by Gasteiger charge is -2.10. The van der Waals surface area contributed by atoms with Gasteiger partial charge in [0.25, 0.3) is 0 Å². The first-order valence-corrected chi connectivity index (χ1v) is 8.67. The summed E-state index contributed by atoms with van der Waals surface area (Å²) in [5.41, 5.74) is 1.76. The van der Waals surface area contributed by atoms with Crippen molar-refractivity contribution in [2.24, 2.45) is 5.10 Å². The monoisotopic (exact) mass is 382 g/mol. The Balaban J connectivity index is 1.91. The van der Waals surface area contributed by atoms with E-state index in [2.05, 4.69) is 15.3 Å². The largest absolute Gasteiger partial charge is 0.491 e. The number of H-pyrrole nitrogens is 1. The van der Waals surface area contributed by atoms with Gasteiger partial charge in [0.15, 0.2) is 5.82 Å². The Kier molecular flexibility index (Phi) is 5.46. The summed E-state index contributed by atoms with van der Waals surface area (Å²) in [5.74, 6) is 0.310. The van der Waals surface area contributed by atoms with Crippen molar-refractivity contribution >= 4 is 24.4 Å². The van der Waals surface area contributed by atoms with Gasteiger partial charge in [-0.15, -0.1) is 0 Å². The Morgan fingerprint density at radius 1 is 1.30 bits per heavy atom. The normalized spacial score (nSPS) is 11.2. The molecule has 2 aromatic carbocycles. The Labute approximate surface area is 160 Å². The molecular formula is C19H18N4O3S. The molecule has 0 saturated carbocycles. The van der Waals surface area contributed by atoms with E-state index in [4.69, 9.17) is 22.1 Å². The van der Waals surface area contributed by atoms with E-state index in [-0.39, 0.29) is 11.7 Å². The molecule has 0 saturated heterocycles. The average Bonchev–Trinajstić information content (AvgIpc) is 3.00. The van der Waals surface area contributed by atoms with E-state index < -0.39 is 5.97 Å². The van der Waals surface area contributed by atoms with Gasteiger partial charge < -0.3 is 9.84 Å². The number of nitrogens with one attached hydrogen (secondary N) is 1. The van der Waals surface area contributed by atoms with Crippen molar-refractivity contribution in [2.75, 3.05) is 0 Å². The number of carbonyl (C=O) groups is 1. The van der Waals surface area contributed by atoms with E-state index in [9.17, 15) is 4.79 Å². The lowest BCUT2D eigenvalue weighted by atomic mass is 10.1. The van der Waals surface area contributed by atoms with Gasteiger partial charge in [0.05, 0.1) is 17.9 Å². The minimum Gasteiger partial charge on any atom is -0.491 e. The van der Waals surface area contributed by atoms with Crippen LogP contribution in [-0.4, -0.2) is 38.3 Å². The van der Waals surface area contributed by atoms with Crippen LogP contribution in [0.25, 0.3) is 11.4 Å². The summed E-state index contributed by atoms with van der Waals surface area (Å²) in [6, 6.07) is 13.9. The van der Waals surface area contributed by atoms with Crippen molar-refractivity contribution < 1.29 is 14.6 Å². The summed E-state index contributed by atoms with van der Waals surface area (Å²) >= 11 is 5.27. The van der Waals surface area contributed by atoms with Crippen LogP contribution in [0.2, 0.25) is 0 Å². The SMILES string of the molecule is CC(C)Oc1cccc(-c2n[nH]c(=S)n2/N=C/c2ccc(C(=O)O)cc2)c1. The standard InChI is InChI=1S/C19H18N4O3S/c1-12(2)26-16-5-3-4-15(10-16)17-21-22-19(27)23(17)20-11-13-6-8-14(9-7-13)18(24)25/h3-12H,1-2H3,(H,22,27)(H,24,25)/b20-11+. The van der Waals surface area contributed by atoms with Crippen molar-refractivity contribution in [1.29, 1.82) is 0 Å². The Morgan fingerprint density at radius 2 is 2.04 bits per heavy atom. The number of aromatic nitrogens is 3. The van der Waals surface area contributed by atoms with E-state index in [0.29, 0.717) is 10.6 Å². The first-order valence-electron chi connectivity index (χ1n) is 8.26. The van der Waals surface area contributed by atoms with Crippen LogP contribution in [0, 0.1) is 4.77 Å². The third-order valence-electron chi connectivity index (χ3n) is 3.59. The number of hydrogen-bond donors (Lipinski definition) is 2. The van der Waals surface area contributed by atoms with Gasteiger partial charge in [-0.05, 0) is 55.9 Å². The molecule has 3 rings (SSSR count). The Morgan fingerprint density at radius 3 is 2.70 bits per heavy atom. The maximum Gasteiger partial charge on any atom is 0.335 e. The molecule has 0 unspecified atom stereocenters. The van der Waals surface area contributed by atoms with E-state index in [0.717, 1.165) is 16.9 Å². The zero-order chi connectivity index (χ0) is 19.4. The summed E-state index contributed by atoms with van der Waals surface area (Å²) in [7, 11) is 0. The van der Waals surface area contributed by atoms with E-state index in [1.165, 1.54) is 16.8 Å². The quantitative estimate of drug-likeness (QED) is 0.497. The van der Waals surface area contributed by atoms with E-state index >= 15 is 0 Å². The second-order valence-electron chi connectivity index (χ2n) is 6.03. The van der Waals surface area contributed by atoms with Gasteiger partial charge in [0, 0.05) is 5.56 Å². The number of benzene rings is 2. The number of aromatic amines is 1. The molecule has 0 atom stereocenters. The van der Waals surface area contributed by atoms with E-state index in [1.807, 2.05) is 38.1 Å². The van der Waals surface area contributed by atoms with Gasteiger partial charge in [-0.1, -0.05) is 24.3 Å². The second-order valence-corrected chi connectivity index (χ2v) is 6.42. The summed E-state index contributed by atoms with van der Waals surface area (Å²) < 4.78 is 7.58. The van der Waals surface area contributed by atoms with Gasteiger partial charge >= 0.3 is 5.97 Å². The van der Waals surface area contributed by atoms with Gasteiger partial charge in [0.1, 0.15) is 5.75 Å². The highest BCUT2D eigenvalue weighted by atomic mass is 32.1. The van der Waals surface area contributed by atoms with Crippen LogP contribution in [-0.2, 0) is 0 Å². The third kappa shape index (κ3) is 4.48. The molecule has 0 aliphatic carbocycles. The third-order valence-corrected chi connectivity index (χ3v) is 3.86. The second kappa shape index (κ2) is 7.96. The molecule has 27 heavy (non-hydrogen) atoms.